The van der Waals surface area contributed by atoms with Crippen molar-refractivity contribution in [3.63, 3.8) is 0 Å². The summed E-state index contributed by atoms with van der Waals surface area (Å²) in [7, 11) is 1.92. The molecular formula is C17H18NO2Tl. The molecule has 0 aliphatic carbocycles. The Labute approximate surface area is 141 Å². The zero-order valence-corrected chi connectivity index (χ0v) is 16.5. The summed E-state index contributed by atoms with van der Waals surface area (Å²) in [6, 6.07) is 14.5. The molecule has 0 spiro atoms. The number of benzene rings is 2. The van der Waals surface area contributed by atoms with E-state index < -0.39 is 0 Å². The van der Waals surface area contributed by atoms with Gasteiger partial charge in [-0.1, -0.05) is 0 Å². The third-order valence-corrected chi connectivity index (χ3v) is 4.80. The van der Waals surface area contributed by atoms with Gasteiger partial charge in [-0.15, -0.1) is 0 Å². The van der Waals surface area contributed by atoms with Gasteiger partial charge in [0.25, 0.3) is 0 Å². The average Bonchev–Trinajstić information content (AvgIpc) is 2.52. The van der Waals surface area contributed by atoms with Gasteiger partial charge in [0, 0.05) is 0 Å². The van der Waals surface area contributed by atoms with E-state index >= 15 is 0 Å². The van der Waals surface area contributed by atoms with Crippen LogP contribution in [0.25, 0.3) is 12.2 Å². The van der Waals surface area contributed by atoms with Crippen molar-refractivity contribution < 1.29 is 9.84 Å². The molecule has 0 unspecified atom stereocenters. The Morgan fingerprint density at radius 2 is 1.76 bits per heavy atom. The Morgan fingerprint density at radius 3 is 2.38 bits per heavy atom. The first-order chi connectivity index (χ1) is 10.2. The summed E-state index contributed by atoms with van der Waals surface area (Å²) in [6.45, 7) is 0.404. The molecule has 2 aromatic carbocycles. The molecule has 0 radical (unpaired) electrons. The van der Waals surface area contributed by atoms with Gasteiger partial charge >= 0.3 is 141 Å². The van der Waals surface area contributed by atoms with E-state index in [9.17, 15) is 0 Å². The van der Waals surface area contributed by atoms with Gasteiger partial charge in [-0.05, 0) is 0 Å². The van der Waals surface area contributed by atoms with Gasteiger partial charge in [0.15, 0.2) is 0 Å². The van der Waals surface area contributed by atoms with Crippen LogP contribution in [0.15, 0.2) is 42.5 Å². The number of nitrogens with one attached hydrogen (secondary N) is 1. The number of aliphatic hydroxyl groups is 1. The number of ether oxygens (including phenoxy) is 1. The molecule has 3 nitrogen and oxygen atoms in total. The van der Waals surface area contributed by atoms with Gasteiger partial charge in [0.05, 0.1) is 0 Å². The summed E-state index contributed by atoms with van der Waals surface area (Å²) in [5.74, 6) is 0.893. The summed E-state index contributed by atoms with van der Waals surface area (Å²) in [6.07, 6.45) is 4.21. The van der Waals surface area contributed by atoms with Crippen molar-refractivity contribution in [2.75, 3.05) is 25.6 Å². The van der Waals surface area contributed by atoms with E-state index in [2.05, 4.69) is 47.8 Å². The van der Waals surface area contributed by atoms with Crippen LogP contribution in [0.4, 0.5) is 5.69 Å². The van der Waals surface area contributed by atoms with Gasteiger partial charge < -0.3 is 0 Å². The first-order valence-corrected chi connectivity index (χ1v) is 9.06. The summed E-state index contributed by atoms with van der Waals surface area (Å²) in [5, 5.41) is 11.9. The molecule has 0 aliphatic heterocycles. The van der Waals surface area contributed by atoms with Crippen LogP contribution in [0.3, 0.4) is 0 Å². The van der Waals surface area contributed by atoms with E-state index in [1.165, 1.54) is 14.2 Å². The molecule has 0 saturated carbocycles. The SMILES string of the molecule is CNc1ccc(/C=C/c2ccc(OCCO)[c]([Tl])c2)cc1. The average molecular weight is 473 g/mol. The van der Waals surface area contributed by atoms with E-state index in [1.54, 1.807) is 0 Å². The molecule has 4 heteroatoms. The third kappa shape index (κ3) is 4.86. The van der Waals surface area contributed by atoms with Crippen LogP contribution in [-0.2, 0) is 0 Å². The molecule has 0 fully saturated rings. The third-order valence-electron chi connectivity index (χ3n) is 3.05. The number of rotatable bonds is 6. The second kappa shape index (κ2) is 8.19. The van der Waals surface area contributed by atoms with Crippen LogP contribution in [0.5, 0.6) is 5.75 Å². The zero-order valence-electron chi connectivity index (χ0n) is 12.0. The molecule has 0 saturated heterocycles. The Kier molecular flexibility index (Phi) is 6.26. The summed E-state index contributed by atoms with van der Waals surface area (Å²) in [5.41, 5.74) is 3.45. The first-order valence-electron chi connectivity index (χ1n) is 6.82. The van der Waals surface area contributed by atoms with Gasteiger partial charge in [0.1, 0.15) is 0 Å². The van der Waals surface area contributed by atoms with Crippen molar-refractivity contribution in [1.82, 2.24) is 0 Å². The monoisotopic (exact) mass is 473 g/mol. The molecule has 0 aliphatic rings. The summed E-state index contributed by atoms with van der Waals surface area (Å²) >= 11 is 0.701. The fourth-order valence-electron chi connectivity index (χ4n) is 1.91. The molecule has 2 N–H and O–H groups in total. The molecule has 21 heavy (non-hydrogen) atoms. The molecule has 0 atom stereocenters. The first kappa shape index (κ1) is 16.0. The predicted octanol–water partition coefficient (Wildman–Crippen LogP) is 2.06. The molecule has 0 amide bonds. The van der Waals surface area contributed by atoms with E-state index in [0.717, 1.165) is 11.4 Å². The molecule has 2 aromatic rings. The number of anilines is 1. The van der Waals surface area contributed by atoms with E-state index in [1.807, 2.05) is 19.2 Å². The van der Waals surface area contributed by atoms with E-state index in [4.69, 9.17) is 9.84 Å². The summed E-state index contributed by atoms with van der Waals surface area (Å²) < 4.78 is 6.72. The summed E-state index contributed by atoms with van der Waals surface area (Å²) in [4.78, 5) is 0. The van der Waals surface area contributed by atoms with Crippen molar-refractivity contribution >= 4 is 46.7 Å². The number of hydrogen-bond donors (Lipinski definition) is 2. The molecule has 0 heterocycles. The maximum absolute atomic E-state index is 8.79. The van der Waals surface area contributed by atoms with Crippen LogP contribution in [0, 0.1) is 0 Å². The Hall–Kier alpha value is -1.34. The van der Waals surface area contributed by atoms with E-state index in [-0.39, 0.29) is 6.61 Å². The molecule has 2 rings (SSSR count). The van der Waals surface area contributed by atoms with Crippen molar-refractivity contribution in [2.24, 2.45) is 0 Å². The molecule has 106 valence electrons. The van der Waals surface area contributed by atoms with Crippen LogP contribution in [0.1, 0.15) is 11.1 Å². The Bertz CT molecular complexity index is 609. The quantitative estimate of drug-likeness (QED) is 0.500. The second-order valence-corrected chi connectivity index (χ2v) is 6.99. The van der Waals surface area contributed by atoms with Gasteiger partial charge in [-0.3, -0.25) is 0 Å². The zero-order chi connectivity index (χ0) is 15.1. The maximum atomic E-state index is 8.79. The molecular weight excluding hydrogens is 455 g/mol. The van der Waals surface area contributed by atoms with E-state index in [0.29, 0.717) is 32.4 Å². The molecule has 0 aromatic heterocycles. The minimum atomic E-state index is 0.0500. The van der Waals surface area contributed by atoms with Crippen LogP contribution < -0.4 is 13.2 Å². The predicted molar refractivity (Wildman–Crippen MR) is 89.3 cm³/mol. The Balaban J connectivity index is 2.07. The number of aliphatic hydroxyl groups excluding tert-OH is 1. The standard InChI is InChI=1S/C17H18NO2.Tl/c1-18-16-8-4-14(5-9-16)2-3-15-6-10-17(11-7-15)20-13-12-19;/h2-10,18-19H,12-13H2,1H3;/b3-2+;. The van der Waals surface area contributed by atoms with Crippen molar-refractivity contribution in [2.45, 2.75) is 0 Å². The topological polar surface area (TPSA) is 41.5 Å². The fraction of sp³-hybridized carbons (Fsp3) is 0.176. The van der Waals surface area contributed by atoms with Crippen molar-refractivity contribution in [3.05, 3.63) is 53.6 Å². The van der Waals surface area contributed by atoms with Gasteiger partial charge in [0.2, 0.25) is 0 Å². The van der Waals surface area contributed by atoms with Crippen molar-refractivity contribution in [3.8, 4) is 5.75 Å². The number of hydrogen-bond acceptors (Lipinski definition) is 3. The second-order valence-electron chi connectivity index (χ2n) is 4.57. The minimum absolute atomic E-state index is 0.0500. The molecule has 0 bridgehead atoms. The Morgan fingerprint density at radius 1 is 1.10 bits per heavy atom. The van der Waals surface area contributed by atoms with Crippen LogP contribution >= 0.6 is 0 Å². The van der Waals surface area contributed by atoms with Crippen molar-refractivity contribution in [1.29, 1.82) is 0 Å². The van der Waals surface area contributed by atoms with Gasteiger partial charge in [-0.2, -0.15) is 0 Å². The fourth-order valence-corrected chi connectivity index (χ4v) is 3.36. The van der Waals surface area contributed by atoms with Crippen LogP contribution in [0.2, 0.25) is 0 Å². The van der Waals surface area contributed by atoms with Gasteiger partial charge in [-0.25, -0.2) is 0 Å². The van der Waals surface area contributed by atoms with Crippen LogP contribution in [-0.4, -0.2) is 51.1 Å². The normalized spacial score (nSPS) is 10.7.